The lowest BCUT2D eigenvalue weighted by molar-refractivity contribution is -0.155. The number of carbonyl (C=O) groups is 2. The molecular weight excluding hydrogens is 344 g/mol. The van der Waals surface area contributed by atoms with Crippen LogP contribution in [0.5, 0.6) is 0 Å². The zero-order chi connectivity index (χ0) is 18.0. The number of hydrogen-bond donors (Lipinski definition) is 1. The van der Waals surface area contributed by atoms with Crippen molar-refractivity contribution in [2.24, 2.45) is 0 Å². The molecule has 24 heavy (non-hydrogen) atoms. The summed E-state index contributed by atoms with van der Waals surface area (Å²) in [5, 5.41) is -0.919. The van der Waals surface area contributed by atoms with E-state index in [9.17, 15) is 19.2 Å². The largest absolute Gasteiger partial charge is 0.463 e. The molecule has 4 atom stereocenters. The molecule has 1 fully saturated rings. The van der Waals surface area contributed by atoms with Crippen LogP contribution < -0.4 is 11.2 Å². The smallest absolute Gasteiger partial charge is 0.330 e. The molecule has 0 aliphatic carbocycles. The first kappa shape index (κ1) is 18.2. The Kier molecular flexibility index (Phi) is 5.45. The average Bonchev–Trinajstić information content (AvgIpc) is 2.77. The third-order valence-electron chi connectivity index (χ3n) is 3.44. The Hall–Kier alpha value is -2.13. The molecule has 2 heterocycles. The average molecular weight is 361 g/mol. The quantitative estimate of drug-likeness (QED) is 0.586. The predicted octanol–water partition coefficient (Wildman–Crippen LogP) is -0.155. The maximum atomic E-state index is 12.0. The van der Waals surface area contributed by atoms with E-state index in [1.165, 1.54) is 27.0 Å². The molecule has 9 nitrogen and oxygen atoms in total. The van der Waals surface area contributed by atoms with Gasteiger partial charge in [0.25, 0.3) is 5.56 Å². The third kappa shape index (κ3) is 3.85. The fraction of sp³-hybridized carbons (Fsp3) is 0.571. The number of alkyl halides is 1. The summed E-state index contributed by atoms with van der Waals surface area (Å²) < 4.78 is 16.8. The number of halogens is 1. The van der Waals surface area contributed by atoms with E-state index in [4.69, 9.17) is 25.8 Å². The fourth-order valence-electron chi connectivity index (χ4n) is 2.36. The number of aromatic amines is 1. The van der Waals surface area contributed by atoms with Crippen molar-refractivity contribution < 1.29 is 23.8 Å². The Morgan fingerprint density at radius 3 is 2.58 bits per heavy atom. The van der Waals surface area contributed by atoms with Crippen LogP contribution >= 0.6 is 11.6 Å². The van der Waals surface area contributed by atoms with Gasteiger partial charge in [-0.15, -0.1) is 11.6 Å². The van der Waals surface area contributed by atoms with E-state index >= 15 is 0 Å². The second-order valence-corrected chi connectivity index (χ2v) is 5.87. The van der Waals surface area contributed by atoms with Crippen LogP contribution in [0.2, 0.25) is 0 Å². The Balaban J connectivity index is 2.33. The fourth-order valence-corrected chi connectivity index (χ4v) is 2.75. The minimum atomic E-state index is -1.00. The van der Waals surface area contributed by atoms with Gasteiger partial charge in [-0.25, -0.2) is 4.79 Å². The van der Waals surface area contributed by atoms with Gasteiger partial charge in [0.05, 0.1) is 0 Å². The van der Waals surface area contributed by atoms with Gasteiger partial charge in [-0.2, -0.15) is 0 Å². The van der Waals surface area contributed by atoms with Crippen molar-refractivity contribution in [1.29, 1.82) is 0 Å². The predicted molar refractivity (Wildman–Crippen MR) is 81.8 cm³/mol. The molecule has 2 rings (SSSR count). The van der Waals surface area contributed by atoms with E-state index in [1.807, 2.05) is 0 Å². The molecule has 1 saturated heterocycles. The number of rotatable bonds is 4. The summed E-state index contributed by atoms with van der Waals surface area (Å²) in [6, 6.07) is 0. The first-order chi connectivity index (χ1) is 11.2. The van der Waals surface area contributed by atoms with Crippen LogP contribution in [0.3, 0.4) is 0 Å². The number of ether oxygens (including phenoxy) is 3. The highest BCUT2D eigenvalue weighted by atomic mass is 35.5. The number of nitrogens with zero attached hydrogens (tertiary/aromatic N) is 1. The topological polar surface area (TPSA) is 117 Å². The number of nitrogens with one attached hydrogen (secondary N) is 1. The van der Waals surface area contributed by atoms with Gasteiger partial charge in [0, 0.05) is 25.6 Å². The molecule has 1 aromatic rings. The van der Waals surface area contributed by atoms with Gasteiger partial charge in [0.2, 0.25) is 0 Å². The lowest BCUT2D eigenvalue weighted by Gasteiger charge is -2.19. The molecule has 1 aliphatic heterocycles. The van der Waals surface area contributed by atoms with Crippen LogP contribution in [-0.2, 0) is 23.8 Å². The van der Waals surface area contributed by atoms with Gasteiger partial charge in [-0.05, 0) is 6.92 Å². The zero-order valence-corrected chi connectivity index (χ0v) is 14.0. The van der Waals surface area contributed by atoms with Gasteiger partial charge < -0.3 is 14.2 Å². The maximum absolute atomic E-state index is 12.0. The second kappa shape index (κ2) is 7.18. The van der Waals surface area contributed by atoms with Gasteiger partial charge in [-0.3, -0.25) is 23.9 Å². The minimum Gasteiger partial charge on any atom is -0.463 e. The van der Waals surface area contributed by atoms with Gasteiger partial charge in [0.15, 0.2) is 12.3 Å². The molecule has 1 aliphatic rings. The van der Waals surface area contributed by atoms with Crippen LogP contribution in [-0.4, -0.2) is 45.7 Å². The molecule has 0 saturated carbocycles. The molecule has 0 spiro atoms. The monoisotopic (exact) mass is 360 g/mol. The number of hydrogen-bond acceptors (Lipinski definition) is 7. The highest BCUT2D eigenvalue weighted by Gasteiger charge is 2.47. The SMILES string of the molecule is CC(=O)OC[C@H]1O[C@@H](n2cc(C)c(=O)[nH]c2=O)[C@H](Cl)[C@@H]1OC(C)=O. The maximum Gasteiger partial charge on any atom is 0.330 e. The lowest BCUT2D eigenvalue weighted by atomic mass is 10.1. The number of esters is 2. The Labute approximate surface area is 141 Å². The molecule has 0 aromatic carbocycles. The highest BCUT2D eigenvalue weighted by molar-refractivity contribution is 6.21. The summed E-state index contributed by atoms with van der Waals surface area (Å²) in [4.78, 5) is 47.9. The molecule has 0 amide bonds. The zero-order valence-electron chi connectivity index (χ0n) is 13.3. The third-order valence-corrected chi connectivity index (χ3v) is 3.90. The van der Waals surface area contributed by atoms with E-state index in [0.717, 1.165) is 4.57 Å². The summed E-state index contributed by atoms with van der Waals surface area (Å²) in [7, 11) is 0. The van der Waals surface area contributed by atoms with Crippen molar-refractivity contribution in [3.63, 3.8) is 0 Å². The second-order valence-electron chi connectivity index (χ2n) is 5.36. The molecule has 1 N–H and O–H groups in total. The number of aryl methyl sites for hydroxylation is 1. The van der Waals surface area contributed by atoms with Crippen molar-refractivity contribution >= 4 is 23.5 Å². The summed E-state index contributed by atoms with van der Waals surface area (Å²) in [6.07, 6.45) is -1.46. The molecule has 1 aromatic heterocycles. The van der Waals surface area contributed by atoms with Crippen LogP contribution in [0.15, 0.2) is 15.8 Å². The van der Waals surface area contributed by atoms with E-state index in [1.54, 1.807) is 0 Å². The molecule has 0 bridgehead atoms. The molecule has 10 heteroatoms. The normalized spacial score (nSPS) is 26.2. The summed E-state index contributed by atoms with van der Waals surface area (Å²) >= 11 is 6.30. The summed E-state index contributed by atoms with van der Waals surface area (Å²) in [6.45, 7) is 3.76. The van der Waals surface area contributed by atoms with Crippen molar-refractivity contribution in [2.75, 3.05) is 6.61 Å². The van der Waals surface area contributed by atoms with E-state index in [-0.39, 0.29) is 12.2 Å². The summed E-state index contributed by atoms with van der Waals surface area (Å²) in [5.41, 5.74) is -0.945. The highest BCUT2D eigenvalue weighted by Crippen LogP contribution is 2.34. The van der Waals surface area contributed by atoms with Crippen molar-refractivity contribution in [1.82, 2.24) is 9.55 Å². The van der Waals surface area contributed by atoms with Gasteiger partial charge in [0.1, 0.15) is 18.1 Å². The first-order valence-corrected chi connectivity index (χ1v) is 7.56. The van der Waals surface area contributed by atoms with E-state index in [2.05, 4.69) is 4.98 Å². The Bertz CT molecular complexity index is 756. The number of H-pyrrole nitrogens is 1. The first-order valence-electron chi connectivity index (χ1n) is 7.13. The lowest BCUT2D eigenvalue weighted by Crippen LogP contribution is -2.38. The van der Waals surface area contributed by atoms with Crippen molar-refractivity contribution in [3.8, 4) is 0 Å². The number of carbonyl (C=O) groups excluding carboxylic acids is 2. The Morgan fingerprint density at radius 2 is 2.00 bits per heavy atom. The molecule has 132 valence electrons. The standard InChI is InChI=1S/C14H17ClN2O7/c1-6-4-17(14(21)16-12(6)20)13-10(15)11(23-8(3)19)9(24-13)5-22-7(2)18/h4,9-11,13H,5H2,1-3H3,(H,16,20,21)/t9-,10-,11-,13-/m1/s1. The van der Waals surface area contributed by atoms with Crippen LogP contribution in [0.25, 0.3) is 0 Å². The van der Waals surface area contributed by atoms with Crippen LogP contribution in [0.1, 0.15) is 25.6 Å². The van der Waals surface area contributed by atoms with Crippen molar-refractivity contribution in [2.45, 2.75) is 44.6 Å². The minimum absolute atomic E-state index is 0.190. The van der Waals surface area contributed by atoms with Crippen LogP contribution in [0.4, 0.5) is 0 Å². The van der Waals surface area contributed by atoms with Crippen LogP contribution in [0, 0.1) is 6.92 Å². The Morgan fingerprint density at radius 1 is 1.33 bits per heavy atom. The number of aromatic nitrogens is 2. The van der Waals surface area contributed by atoms with Gasteiger partial charge in [-0.1, -0.05) is 0 Å². The summed E-state index contributed by atoms with van der Waals surface area (Å²) in [5.74, 6) is -1.13. The van der Waals surface area contributed by atoms with Crippen molar-refractivity contribution in [3.05, 3.63) is 32.6 Å². The molecule has 0 unspecified atom stereocenters. The van der Waals surface area contributed by atoms with E-state index in [0.29, 0.717) is 0 Å². The van der Waals surface area contributed by atoms with E-state index < -0.39 is 47.0 Å². The molecular formula is C14H17ClN2O7. The van der Waals surface area contributed by atoms with Gasteiger partial charge >= 0.3 is 17.6 Å². The molecule has 0 radical (unpaired) electrons.